The molecule has 0 radical (unpaired) electrons. The van der Waals surface area contributed by atoms with E-state index in [0.717, 1.165) is 12.0 Å². The van der Waals surface area contributed by atoms with Gasteiger partial charge in [-0.25, -0.2) is 4.98 Å². The van der Waals surface area contributed by atoms with E-state index in [-0.39, 0.29) is 5.91 Å². The van der Waals surface area contributed by atoms with Gasteiger partial charge in [0.05, 0.1) is 0 Å². The van der Waals surface area contributed by atoms with Gasteiger partial charge in [-0.2, -0.15) is 0 Å². The van der Waals surface area contributed by atoms with Gasteiger partial charge in [-0.3, -0.25) is 4.79 Å². The topological polar surface area (TPSA) is 55.1 Å². The average molecular weight is 230 g/mol. The number of hydrogen-bond donors (Lipinski definition) is 1. The number of benzene rings is 1. The van der Waals surface area contributed by atoms with E-state index in [1.807, 2.05) is 37.3 Å². The van der Waals surface area contributed by atoms with Crippen LogP contribution >= 0.6 is 0 Å². The lowest BCUT2D eigenvalue weighted by atomic mass is 10.1. The van der Waals surface area contributed by atoms with Crippen LogP contribution in [0.2, 0.25) is 0 Å². The molecule has 0 atom stereocenters. The minimum atomic E-state index is -0.195. The molecule has 0 saturated heterocycles. The molecule has 0 aliphatic rings. The summed E-state index contributed by atoms with van der Waals surface area (Å²) in [5.74, 6) is 0.318. The normalized spacial score (nSPS) is 10.2. The van der Waals surface area contributed by atoms with E-state index in [1.165, 1.54) is 6.39 Å². The standard InChI is InChI=1S/C13H14N2O2/c1-2-8-14-13(16)11-12(17-9-15-11)10-6-4-3-5-7-10/h3-7,9H,2,8H2,1H3,(H,14,16). The second-order valence-electron chi connectivity index (χ2n) is 3.65. The first kappa shape index (κ1) is 11.4. The number of carbonyl (C=O) groups excluding carboxylic acids is 1. The first-order valence-electron chi connectivity index (χ1n) is 5.60. The number of oxazole rings is 1. The van der Waals surface area contributed by atoms with Crippen LogP contribution in [0.15, 0.2) is 41.1 Å². The molecule has 1 amide bonds. The number of nitrogens with zero attached hydrogens (tertiary/aromatic N) is 1. The first-order valence-corrected chi connectivity index (χ1v) is 5.60. The summed E-state index contributed by atoms with van der Waals surface area (Å²) < 4.78 is 5.28. The Kier molecular flexibility index (Phi) is 3.55. The van der Waals surface area contributed by atoms with Crippen molar-refractivity contribution in [2.45, 2.75) is 13.3 Å². The Balaban J connectivity index is 2.26. The summed E-state index contributed by atoms with van der Waals surface area (Å²) in [5, 5.41) is 2.78. The van der Waals surface area contributed by atoms with Crippen LogP contribution in [0.5, 0.6) is 0 Å². The van der Waals surface area contributed by atoms with Gasteiger partial charge in [0, 0.05) is 12.1 Å². The van der Waals surface area contributed by atoms with Crippen molar-refractivity contribution in [2.24, 2.45) is 0 Å². The number of hydrogen-bond acceptors (Lipinski definition) is 3. The van der Waals surface area contributed by atoms with Crippen molar-refractivity contribution in [3.63, 3.8) is 0 Å². The molecule has 2 rings (SSSR count). The highest BCUT2D eigenvalue weighted by Gasteiger charge is 2.17. The van der Waals surface area contributed by atoms with Crippen molar-refractivity contribution < 1.29 is 9.21 Å². The minimum Gasteiger partial charge on any atom is -0.443 e. The quantitative estimate of drug-likeness (QED) is 0.877. The fraction of sp³-hybridized carbons (Fsp3) is 0.231. The Morgan fingerprint density at radius 3 is 2.82 bits per heavy atom. The molecule has 1 aromatic carbocycles. The zero-order valence-corrected chi connectivity index (χ0v) is 9.64. The molecule has 0 fully saturated rings. The summed E-state index contributed by atoms with van der Waals surface area (Å²) in [6, 6.07) is 9.47. The molecule has 2 aromatic rings. The third-order valence-corrected chi connectivity index (χ3v) is 2.35. The second-order valence-corrected chi connectivity index (χ2v) is 3.65. The maximum absolute atomic E-state index is 11.8. The average Bonchev–Trinajstić information content (AvgIpc) is 2.86. The Morgan fingerprint density at radius 1 is 1.35 bits per heavy atom. The lowest BCUT2D eigenvalue weighted by Gasteiger charge is -2.02. The fourth-order valence-corrected chi connectivity index (χ4v) is 1.52. The van der Waals surface area contributed by atoms with Gasteiger partial charge in [0.25, 0.3) is 5.91 Å². The van der Waals surface area contributed by atoms with Crippen LogP contribution in [0, 0.1) is 0 Å². The molecule has 1 N–H and O–H groups in total. The van der Waals surface area contributed by atoms with Crippen LogP contribution < -0.4 is 5.32 Å². The molecule has 4 nitrogen and oxygen atoms in total. The Morgan fingerprint density at radius 2 is 2.12 bits per heavy atom. The summed E-state index contributed by atoms with van der Waals surface area (Å²) in [7, 11) is 0. The molecular weight excluding hydrogens is 216 g/mol. The Labute approximate surface area is 99.7 Å². The third-order valence-electron chi connectivity index (χ3n) is 2.35. The summed E-state index contributed by atoms with van der Waals surface area (Å²) >= 11 is 0. The predicted octanol–water partition coefficient (Wildman–Crippen LogP) is 2.48. The Hall–Kier alpha value is -2.10. The molecule has 0 saturated carbocycles. The van der Waals surface area contributed by atoms with Crippen LogP contribution in [0.25, 0.3) is 11.3 Å². The van der Waals surface area contributed by atoms with E-state index in [9.17, 15) is 4.79 Å². The van der Waals surface area contributed by atoms with Gasteiger partial charge in [0.15, 0.2) is 17.8 Å². The van der Waals surface area contributed by atoms with Crippen molar-refractivity contribution in [1.82, 2.24) is 10.3 Å². The molecule has 0 aliphatic heterocycles. The lowest BCUT2D eigenvalue weighted by molar-refractivity contribution is 0.0949. The van der Waals surface area contributed by atoms with E-state index in [2.05, 4.69) is 10.3 Å². The molecule has 0 unspecified atom stereocenters. The maximum atomic E-state index is 11.8. The molecule has 1 aromatic heterocycles. The number of aromatic nitrogens is 1. The number of amides is 1. The maximum Gasteiger partial charge on any atom is 0.273 e. The monoisotopic (exact) mass is 230 g/mol. The van der Waals surface area contributed by atoms with E-state index < -0.39 is 0 Å². The minimum absolute atomic E-state index is 0.195. The molecule has 0 aliphatic carbocycles. The van der Waals surface area contributed by atoms with E-state index in [1.54, 1.807) is 0 Å². The van der Waals surface area contributed by atoms with Crippen molar-refractivity contribution in [2.75, 3.05) is 6.54 Å². The molecule has 0 spiro atoms. The summed E-state index contributed by atoms with van der Waals surface area (Å²) in [4.78, 5) is 15.8. The zero-order valence-electron chi connectivity index (χ0n) is 9.64. The summed E-state index contributed by atoms with van der Waals surface area (Å²) in [5.41, 5.74) is 1.19. The third kappa shape index (κ3) is 2.53. The van der Waals surface area contributed by atoms with Gasteiger partial charge < -0.3 is 9.73 Å². The van der Waals surface area contributed by atoms with Gasteiger partial charge in [0.1, 0.15) is 0 Å². The molecule has 4 heteroatoms. The van der Waals surface area contributed by atoms with Crippen LogP contribution in [-0.4, -0.2) is 17.4 Å². The molecule has 88 valence electrons. The molecule has 17 heavy (non-hydrogen) atoms. The number of nitrogens with one attached hydrogen (secondary N) is 1. The first-order chi connectivity index (χ1) is 8.33. The highest BCUT2D eigenvalue weighted by Crippen LogP contribution is 2.22. The van der Waals surface area contributed by atoms with E-state index in [0.29, 0.717) is 18.0 Å². The van der Waals surface area contributed by atoms with Gasteiger partial charge in [-0.1, -0.05) is 37.3 Å². The Bertz CT molecular complexity index is 491. The SMILES string of the molecule is CCCNC(=O)c1ncoc1-c1ccccc1. The lowest BCUT2D eigenvalue weighted by Crippen LogP contribution is -2.24. The smallest absolute Gasteiger partial charge is 0.273 e. The zero-order chi connectivity index (χ0) is 12.1. The molecular formula is C13H14N2O2. The van der Waals surface area contributed by atoms with E-state index in [4.69, 9.17) is 4.42 Å². The van der Waals surface area contributed by atoms with Crippen molar-refractivity contribution in [1.29, 1.82) is 0 Å². The van der Waals surface area contributed by atoms with Gasteiger partial charge >= 0.3 is 0 Å². The van der Waals surface area contributed by atoms with Crippen molar-refractivity contribution in [3.05, 3.63) is 42.4 Å². The summed E-state index contributed by atoms with van der Waals surface area (Å²) in [6.07, 6.45) is 2.19. The van der Waals surface area contributed by atoms with Crippen LogP contribution in [-0.2, 0) is 0 Å². The number of rotatable bonds is 4. The molecule has 0 bridgehead atoms. The fourth-order valence-electron chi connectivity index (χ4n) is 1.52. The van der Waals surface area contributed by atoms with Gasteiger partial charge in [-0.15, -0.1) is 0 Å². The van der Waals surface area contributed by atoms with E-state index >= 15 is 0 Å². The van der Waals surface area contributed by atoms with Crippen molar-refractivity contribution >= 4 is 5.91 Å². The van der Waals surface area contributed by atoms with Crippen molar-refractivity contribution in [3.8, 4) is 11.3 Å². The predicted molar refractivity (Wildman–Crippen MR) is 64.6 cm³/mol. The van der Waals surface area contributed by atoms with Crippen LogP contribution in [0.1, 0.15) is 23.8 Å². The van der Waals surface area contributed by atoms with Gasteiger partial charge in [-0.05, 0) is 6.42 Å². The van der Waals surface area contributed by atoms with Crippen LogP contribution in [0.3, 0.4) is 0 Å². The second kappa shape index (κ2) is 5.30. The largest absolute Gasteiger partial charge is 0.443 e. The number of carbonyl (C=O) groups is 1. The van der Waals surface area contributed by atoms with Crippen LogP contribution in [0.4, 0.5) is 0 Å². The highest BCUT2D eigenvalue weighted by atomic mass is 16.3. The van der Waals surface area contributed by atoms with Gasteiger partial charge in [0.2, 0.25) is 0 Å². The highest BCUT2D eigenvalue weighted by molar-refractivity contribution is 5.97. The summed E-state index contributed by atoms with van der Waals surface area (Å²) in [6.45, 7) is 2.64. The molecule has 1 heterocycles.